The first-order chi connectivity index (χ1) is 13.9. The van der Waals surface area contributed by atoms with Gasteiger partial charge in [-0.25, -0.2) is 4.79 Å². The number of esters is 1. The molecule has 0 heterocycles. The quantitative estimate of drug-likeness (QED) is 0.509. The molecule has 0 radical (unpaired) electrons. The third kappa shape index (κ3) is 5.25. The Balaban J connectivity index is 2.07. The van der Waals surface area contributed by atoms with E-state index in [0.717, 1.165) is 5.56 Å². The molecule has 0 spiro atoms. The molecule has 0 aliphatic rings. The summed E-state index contributed by atoms with van der Waals surface area (Å²) in [6, 6.07) is 10.1. The summed E-state index contributed by atoms with van der Waals surface area (Å²) in [5, 5.41) is 2.69. The van der Waals surface area contributed by atoms with Gasteiger partial charge in [0.15, 0.2) is 23.9 Å². The van der Waals surface area contributed by atoms with Gasteiger partial charge >= 0.3 is 5.97 Å². The molecule has 0 aliphatic heterocycles. The zero-order valence-electron chi connectivity index (χ0n) is 16.7. The highest BCUT2D eigenvalue weighted by molar-refractivity contribution is 6.02. The highest BCUT2D eigenvalue weighted by Gasteiger charge is 2.26. The summed E-state index contributed by atoms with van der Waals surface area (Å²) < 4.78 is 20.7. The molecule has 0 unspecified atom stereocenters. The van der Waals surface area contributed by atoms with Gasteiger partial charge in [-0.1, -0.05) is 12.1 Å². The van der Waals surface area contributed by atoms with Crippen LogP contribution < -0.4 is 19.5 Å². The largest absolute Gasteiger partial charge is 0.497 e. The summed E-state index contributed by atoms with van der Waals surface area (Å²) in [7, 11) is 4.32. The van der Waals surface area contributed by atoms with E-state index in [1.165, 1.54) is 33.3 Å². The van der Waals surface area contributed by atoms with Crippen molar-refractivity contribution >= 4 is 18.2 Å². The summed E-state index contributed by atoms with van der Waals surface area (Å²) >= 11 is 0. The first-order valence-corrected chi connectivity index (χ1v) is 8.76. The van der Waals surface area contributed by atoms with E-state index in [0.29, 0.717) is 12.0 Å². The third-order valence-electron chi connectivity index (χ3n) is 4.19. The number of benzene rings is 2. The van der Waals surface area contributed by atoms with Gasteiger partial charge in [0, 0.05) is 12.1 Å². The maximum atomic E-state index is 12.6. The lowest BCUT2D eigenvalue weighted by molar-refractivity contribution is -0.129. The second kappa shape index (κ2) is 10.1. The van der Waals surface area contributed by atoms with Crippen LogP contribution in [0, 0.1) is 0 Å². The molecule has 2 aromatic rings. The average molecular weight is 401 g/mol. The first-order valence-electron chi connectivity index (χ1n) is 8.76. The summed E-state index contributed by atoms with van der Waals surface area (Å²) in [6.45, 7) is 1.70. The third-order valence-corrected chi connectivity index (χ3v) is 4.19. The Morgan fingerprint density at radius 1 is 1.00 bits per heavy atom. The fourth-order valence-corrected chi connectivity index (χ4v) is 2.60. The van der Waals surface area contributed by atoms with E-state index >= 15 is 0 Å². The highest BCUT2D eigenvalue weighted by atomic mass is 16.6. The SMILES string of the molecule is COc1ccc(CNC(=O)[C@H](C)OC(=O)c2c(C=O)ccc(OC)c2OC)cc1. The standard InChI is InChI=1S/C21H23NO7/c1-13(20(24)22-11-14-5-8-16(26-2)9-6-14)29-21(25)18-15(12-23)7-10-17(27-3)19(18)28-4/h5-10,12-13H,11H2,1-4H3,(H,22,24)/t13-/m0/s1. The van der Waals surface area contributed by atoms with Crippen molar-refractivity contribution in [3.8, 4) is 17.2 Å². The zero-order chi connectivity index (χ0) is 21.4. The first kappa shape index (κ1) is 21.7. The average Bonchev–Trinajstić information content (AvgIpc) is 2.76. The number of nitrogens with one attached hydrogen (secondary N) is 1. The van der Waals surface area contributed by atoms with Crippen LogP contribution in [0.2, 0.25) is 0 Å². The predicted octanol–water partition coefficient (Wildman–Crippen LogP) is 2.39. The zero-order valence-corrected chi connectivity index (χ0v) is 16.7. The second-order valence-electron chi connectivity index (χ2n) is 6.00. The molecule has 0 saturated carbocycles. The van der Waals surface area contributed by atoms with Crippen molar-refractivity contribution in [2.45, 2.75) is 19.6 Å². The van der Waals surface area contributed by atoms with E-state index in [9.17, 15) is 14.4 Å². The highest BCUT2D eigenvalue weighted by Crippen LogP contribution is 2.33. The van der Waals surface area contributed by atoms with E-state index in [2.05, 4.69) is 5.32 Å². The van der Waals surface area contributed by atoms with Crippen LogP contribution >= 0.6 is 0 Å². The number of carbonyl (C=O) groups is 3. The smallest absolute Gasteiger partial charge is 0.343 e. The number of ether oxygens (including phenoxy) is 4. The van der Waals surface area contributed by atoms with Crippen molar-refractivity contribution in [2.24, 2.45) is 0 Å². The topological polar surface area (TPSA) is 100 Å². The van der Waals surface area contributed by atoms with Gasteiger partial charge in [-0.3, -0.25) is 9.59 Å². The minimum Gasteiger partial charge on any atom is -0.497 e. The van der Waals surface area contributed by atoms with Crippen LogP contribution in [-0.4, -0.2) is 45.6 Å². The summed E-state index contributed by atoms with van der Waals surface area (Å²) in [4.78, 5) is 36.3. The molecule has 2 aromatic carbocycles. The van der Waals surface area contributed by atoms with Crippen molar-refractivity contribution in [3.05, 3.63) is 53.1 Å². The van der Waals surface area contributed by atoms with Crippen molar-refractivity contribution in [2.75, 3.05) is 21.3 Å². The molecule has 1 amide bonds. The molecular formula is C21H23NO7. The Morgan fingerprint density at radius 3 is 2.24 bits per heavy atom. The molecule has 2 rings (SSSR count). The molecule has 0 saturated heterocycles. The van der Waals surface area contributed by atoms with E-state index in [4.69, 9.17) is 18.9 Å². The number of rotatable bonds is 9. The lowest BCUT2D eigenvalue weighted by atomic mass is 10.1. The van der Waals surface area contributed by atoms with Gasteiger partial charge in [-0.05, 0) is 36.8 Å². The van der Waals surface area contributed by atoms with Crippen LogP contribution in [0.1, 0.15) is 33.2 Å². The van der Waals surface area contributed by atoms with Crippen LogP contribution in [-0.2, 0) is 16.1 Å². The Labute approximate surface area is 168 Å². The van der Waals surface area contributed by atoms with Gasteiger partial charge < -0.3 is 24.3 Å². The molecular weight excluding hydrogens is 378 g/mol. The predicted molar refractivity (Wildman–Crippen MR) is 105 cm³/mol. The number of carbonyl (C=O) groups excluding carboxylic acids is 3. The minimum atomic E-state index is -1.09. The summed E-state index contributed by atoms with van der Waals surface area (Å²) in [5.41, 5.74) is 0.825. The Bertz CT molecular complexity index is 877. The molecule has 154 valence electrons. The van der Waals surface area contributed by atoms with Crippen molar-refractivity contribution in [1.29, 1.82) is 0 Å². The van der Waals surface area contributed by atoms with Gasteiger partial charge in [-0.2, -0.15) is 0 Å². The number of hydrogen-bond acceptors (Lipinski definition) is 7. The normalized spacial score (nSPS) is 11.2. The second-order valence-corrected chi connectivity index (χ2v) is 6.00. The number of hydrogen-bond donors (Lipinski definition) is 1. The van der Waals surface area contributed by atoms with Crippen LogP contribution in [0.15, 0.2) is 36.4 Å². The van der Waals surface area contributed by atoms with Crippen molar-refractivity contribution in [3.63, 3.8) is 0 Å². The maximum Gasteiger partial charge on any atom is 0.343 e. The van der Waals surface area contributed by atoms with Crippen LogP contribution in [0.5, 0.6) is 17.2 Å². The van der Waals surface area contributed by atoms with E-state index in [1.54, 1.807) is 19.2 Å². The summed E-state index contributed by atoms with van der Waals surface area (Å²) in [6.07, 6.45) is -0.580. The van der Waals surface area contributed by atoms with Crippen molar-refractivity contribution in [1.82, 2.24) is 5.32 Å². The monoisotopic (exact) mass is 401 g/mol. The van der Waals surface area contributed by atoms with Crippen LogP contribution in [0.25, 0.3) is 0 Å². The lowest BCUT2D eigenvalue weighted by Crippen LogP contribution is -2.35. The van der Waals surface area contributed by atoms with Crippen LogP contribution in [0.3, 0.4) is 0 Å². The van der Waals surface area contributed by atoms with Gasteiger partial charge in [0.2, 0.25) is 0 Å². The van der Waals surface area contributed by atoms with Gasteiger partial charge in [-0.15, -0.1) is 0 Å². The fourth-order valence-electron chi connectivity index (χ4n) is 2.60. The number of amides is 1. The number of methoxy groups -OCH3 is 3. The maximum absolute atomic E-state index is 12.6. The molecule has 0 aliphatic carbocycles. The lowest BCUT2D eigenvalue weighted by Gasteiger charge is -2.17. The summed E-state index contributed by atoms with van der Waals surface area (Å²) in [5.74, 6) is -0.311. The molecule has 1 atom stereocenters. The Hall–Kier alpha value is -3.55. The molecule has 29 heavy (non-hydrogen) atoms. The van der Waals surface area contributed by atoms with Gasteiger partial charge in [0.1, 0.15) is 11.3 Å². The molecule has 8 nitrogen and oxygen atoms in total. The van der Waals surface area contributed by atoms with E-state index < -0.39 is 18.0 Å². The minimum absolute atomic E-state index is 0.0629. The van der Waals surface area contributed by atoms with E-state index in [1.807, 2.05) is 12.1 Å². The van der Waals surface area contributed by atoms with E-state index in [-0.39, 0.29) is 29.2 Å². The van der Waals surface area contributed by atoms with Crippen molar-refractivity contribution < 1.29 is 33.3 Å². The molecule has 0 fully saturated rings. The molecule has 0 aromatic heterocycles. The van der Waals surface area contributed by atoms with Gasteiger partial charge in [0.25, 0.3) is 5.91 Å². The Morgan fingerprint density at radius 2 is 1.69 bits per heavy atom. The van der Waals surface area contributed by atoms with Gasteiger partial charge in [0.05, 0.1) is 21.3 Å². The molecule has 8 heteroatoms. The fraction of sp³-hybridized carbons (Fsp3) is 0.286. The molecule has 1 N–H and O–H groups in total. The molecule has 0 bridgehead atoms. The Kier molecular flexibility index (Phi) is 7.59. The number of aldehydes is 1. The van der Waals surface area contributed by atoms with Crippen LogP contribution in [0.4, 0.5) is 0 Å².